The lowest BCUT2D eigenvalue weighted by Crippen LogP contribution is -2.58. The lowest BCUT2D eigenvalue weighted by molar-refractivity contribution is -0.144. The Morgan fingerprint density at radius 2 is 1.83 bits per heavy atom. The molecule has 2 aliphatic carbocycles. The molecule has 3 aliphatic rings. The van der Waals surface area contributed by atoms with Crippen molar-refractivity contribution >= 4 is 56.8 Å². The number of pyridine rings is 1. The van der Waals surface area contributed by atoms with Gasteiger partial charge in [0.2, 0.25) is 17.7 Å². The van der Waals surface area contributed by atoms with Crippen LogP contribution in [0, 0.1) is 11.8 Å². The van der Waals surface area contributed by atoms with Crippen LogP contribution in [0.5, 0.6) is 11.6 Å². The van der Waals surface area contributed by atoms with Gasteiger partial charge in [-0.1, -0.05) is 44.9 Å². The minimum Gasteiger partial charge on any atom is -0.488 e. The lowest BCUT2D eigenvalue weighted by atomic mass is 10.0. The van der Waals surface area contributed by atoms with Gasteiger partial charge >= 0.3 is 22.5 Å². The van der Waals surface area contributed by atoms with Crippen molar-refractivity contribution in [1.29, 1.82) is 0 Å². The number of nitrogens with zero attached hydrogens (tertiary/aromatic N) is 2. The number of hydrogen-bond donors (Lipinski definition) is 2. The summed E-state index contributed by atoms with van der Waals surface area (Å²) in [5.41, 5.74) is -2.99. The van der Waals surface area contributed by atoms with Crippen molar-refractivity contribution in [1.82, 2.24) is 20.5 Å². The summed E-state index contributed by atoms with van der Waals surface area (Å²) in [6.45, 7) is 14.0. The number of alkyl carbamates (subject to hydrolysis) is 1. The molecule has 53 heavy (non-hydrogen) atoms. The molecule has 2 saturated carbocycles. The molecule has 2 aromatic rings. The van der Waals surface area contributed by atoms with E-state index < -0.39 is 81.0 Å². The lowest BCUT2D eigenvalue weighted by Gasteiger charge is -2.31. The number of likely N-dealkylation sites (tertiary alicyclic amines) is 1. The molecule has 0 radical (unpaired) electrons. The van der Waals surface area contributed by atoms with E-state index in [1.807, 2.05) is 0 Å². The second kappa shape index (κ2) is 15.1. The smallest absolute Gasteiger partial charge is 0.452 e. The van der Waals surface area contributed by atoms with Crippen LogP contribution in [0.2, 0.25) is 5.02 Å². The quantitative estimate of drug-likeness (QED) is 0.266. The van der Waals surface area contributed by atoms with Gasteiger partial charge in [-0.05, 0) is 77.8 Å². The fourth-order valence-corrected chi connectivity index (χ4v) is 7.67. The molecule has 1 aromatic carbocycles. The predicted molar refractivity (Wildman–Crippen MR) is 193 cm³/mol. The van der Waals surface area contributed by atoms with Gasteiger partial charge in [-0.25, -0.2) is 18.8 Å². The molecule has 2 N–H and O–H groups in total. The highest BCUT2D eigenvalue weighted by Gasteiger charge is 2.63. The van der Waals surface area contributed by atoms with E-state index in [2.05, 4.69) is 15.6 Å². The number of carbonyl (C=O) groups excluding carboxylic acids is 4. The molecule has 5 rings (SSSR count). The van der Waals surface area contributed by atoms with Crippen LogP contribution < -0.4 is 20.1 Å². The third-order valence-electron chi connectivity index (χ3n) is 9.51. The SMILES string of the molecule is CCOc1cc(O[C@@H]2CC(C(=O)N[C@]3(C(=O)OS(=O)(=O)OC4(C)CC4)CC3CC)N(C(=O)[C@@H](NC(=O)OC(C)(C)C)C(C)C)C2)c2cccc(Cl)c2n1. The summed E-state index contributed by atoms with van der Waals surface area (Å²) in [4.78, 5) is 60.7. The Kier molecular flexibility index (Phi) is 11.5. The molecule has 17 heteroatoms. The van der Waals surface area contributed by atoms with Crippen molar-refractivity contribution in [2.24, 2.45) is 11.8 Å². The molecule has 0 spiro atoms. The Labute approximate surface area is 315 Å². The van der Waals surface area contributed by atoms with Crippen molar-refractivity contribution in [3.63, 3.8) is 0 Å². The van der Waals surface area contributed by atoms with E-state index in [-0.39, 0.29) is 25.3 Å². The van der Waals surface area contributed by atoms with E-state index in [1.54, 1.807) is 79.7 Å². The molecule has 0 bridgehead atoms. The molecule has 2 heterocycles. The van der Waals surface area contributed by atoms with Crippen LogP contribution in [-0.4, -0.2) is 90.3 Å². The molecular weight excluding hydrogens is 732 g/mol. The molecule has 292 valence electrons. The topological polar surface area (TPSA) is 189 Å². The largest absolute Gasteiger partial charge is 0.488 e. The van der Waals surface area contributed by atoms with Crippen LogP contribution in [0.4, 0.5) is 4.79 Å². The van der Waals surface area contributed by atoms with E-state index in [0.29, 0.717) is 47.5 Å². The fraction of sp³-hybridized carbons (Fsp3) is 0.639. The monoisotopic (exact) mass is 780 g/mol. The van der Waals surface area contributed by atoms with Crippen LogP contribution in [0.1, 0.15) is 87.5 Å². The molecule has 5 atom stereocenters. The van der Waals surface area contributed by atoms with Crippen molar-refractivity contribution in [3.05, 3.63) is 29.3 Å². The number of carbonyl (C=O) groups is 4. The fourth-order valence-electron chi connectivity index (χ4n) is 6.43. The number of rotatable bonds is 14. The number of para-hydroxylation sites is 1. The number of nitrogens with one attached hydrogen (secondary N) is 2. The van der Waals surface area contributed by atoms with Gasteiger partial charge in [0, 0.05) is 17.9 Å². The number of benzene rings is 1. The van der Waals surface area contributed by atoms with Gasteiger partial charge in [0.15, 0.2) is 0 Å². The van der Waals surface area contributed by atoms with Crippen LogP contribution in [0.25, 0.3) is 10.9 Å². The van der Waals surface area contributed by atoms with E-state index in [0.717, 1.165) is 0 Å². The zero-order chi connectivity index (χ0) is 39.1. The molecule has 3 amide bonds. The van der Waals surface area contributed by atoms with Gasteiger partial charge in [-0.15, -0.1) is 0 Å². The van der Waals surface area contributed by atoms with Gasteiger partial charge in [0.1, 0.15) is 35.1 Å². The maximum absolute atomic E-state index is 14.3. The molecule has 3 fully saturated rings. The first-order chi connectivity index (χ1) is 24.7. The first-order valence-electron chi connectivity index (χ1n) is 17.9. The van der Waals surface area contributed by atoms with Crippen LogP contribution in [-0.2, 0) is 37.9 Å². The maximum Gasteiger partial charge on any atom is 0.452 e. The minimum absolute atomic E-state index is 0.0230. The minimum atomic E-state index is -4.71. The Hall–Kier alpha value is -3.89. The van der Waals surface area contributed by atoms with E-state index >= 15 is 0 Å². The first-order valence-corrected chi connectivity index (χ1v) is 19.6. The Morgan fingerprint density at radius 1 is 1.13 bits per heavy atom. The van der Waals surface area contributed by atoms with Crippen LogP contribution >= 0.6 is 11.6 Å². The third-order valence-corrected chi connectivity index (χ3v) is 10.8. The summed E-state index contributed by atoms with van der Waals surface area (Å²) in [6, 6.07) is 4.51. The highest BCUT2D eigenvalue weighted by molar-refractivity contribution is 7.82. The summed E-state index contributed by atoms with van der Waals surface area (Å²) < 4.78 is 52.8. The number of amides is 3. The highest BCUT2D eigenvalue weighted by atomic mass is 35.5. The van der Waals surface area contributed by atoms with Crippen molar-refractivity contribution in [2.75, 3.05) is 13.2 Å². The zero-order valence-corrected chi connectivity index (χ0v) is 32.9. The molecular formula is C36H49ClN4O11S. The Bertz CT molecular complexity index is 1860. The normalized spacial score (nSPS) is 24.0. The van der Waals surface area contributed by atoms with Crippen molar-refractivity contribution in [2.45, 2.75) is 122 Å². The third kappa shape index (κ3) is 9.44. The van der Waals surface area contributed by atoms with E-state index in [1.165, 1.54) is 4.90 Å². The number of hydrogen-bond acceptors (Lipinski definition) is 12. The average Bonchev–Trinajstić information content (AvgIpc) is 3.91. The average molecular weight is 781 g/mol. The second-order valence-electron chi connectivity index (χ2n) is 15.5. The summed E-state index contributed by atoms with van der Waals surface area (Å²) in [6.07, 6.45) is -0.0518. The van der Waals surface area contributed by atoms with E-state index in [4.69, 9.17) is 34.2 Å². The Morgan fingerprint density at radius 3 is 2.42 bits per heavy atom. The highest BCUT2D eigenvalue weighted by Crippen LogP contribution is 2.48. The number of aromatic nitrogens is 1. The Balaban J connectivity index is 1.44. The van der Waals surface area contributed by atoms with Crippen LogP contribution in [0.3, 0.4) is 0 Å². The van der Waals surface area contributed by atoms with Crippen molar-refractivity contribution < 1.29 is 50.2 Å². The van der Waals surface area contributed by atoms with Gasteiger partial charge in [-0.2, -0.15) is 8.42 Å². The summed E-state index contributed by atoms with van der Waals surface area (Å²) in [7, 11) is -4.71. The zero-order valence-electron chi connectivity index (χ0n) is 31.3. The number of halogens is 1. The van der Waals surface area contributed by atoms with Gasteiger partial charge in [0.05, 0.1) is 29.3 Å². The van der Waals surface area contributed by atoms with Crippen LogP contribution in [0.15, 0.2) is 24.3 Å². The second-order valence-corrected chi connectivity index (χ2v) is 17.0. The molecule has 1 aromatic heterocycles. The summed E-state index contributed by atoms with van der Waals surface area (Å²) in [5, 5.41) is 6.34. The summed E-state index contributed by atoms with van der Waals surface area (Å²) in [5.74, 6) is -2.70. The molecule has 15 nitrogen and oxygen atoms in total. The van der Waals surface area contributed by atoms with Gasteiger partial charge < -0.3 is 33.9 Å². The maximum atomic E-state index is 14.3. The molecule has 1 saturated heterocycles. The van der Waals surface area contributed by atoms with Crippen molar-refractivity contribution in [3.8, 4) is 11.6 Å². The van der Waals surface area contributed by atoms with Gasteiger partial charge in [-0.3, -0.25) is 9.59 Å². The molecule has 1 aliphatic heterocycles. The summed E-state index contributed by atoms with van der Waals surface area (Å²) >= 11 is 6.48. The standard InChI is InChI=1S/C36H49ClN4O11S/c1-9-21-18-36(21,32(44)51-53(46,47)52-35(8)14-15-35)40-30(42)25-16-22(19-41(25)31(43)28(20(3)4)39-33(45)50-34(5,6)7)49-26-17-27(48-10-2)38-29-23(26)12-11-13-24(29)37/h11-13,17,20-22,25,28H,9-10,14-16,18-19H2,1-8H3,(H,39,45)(H,40,42)/t21?,22-,25?,28+,36-/m1/s1. The number of ether oxygens (including phenoxy) is 3. The van der Waals surface area contributed by atoms with E-state index in [9.17, 15) is 27.6 Å². The number of fused-ring (bicyclic) bond motifs is 1. The van der Waals surface area contributed by atoms with Gasteiger partial charge in [0.25, 0.3) is 0 Å². The predicted octanol–water partition coefficient (Wildman–Crippen LogP) is 4.83. The first kappa shape index (κ1) is 40.3. The molecule has 2 unspecified atom stereocenters.